The fourth-order valence-corrected chi connectivity index (χ4v) is 3.15. The van der Waals surface area contributed by atoms with E-state index in [-0.39, 0.29) is 5.79 Å². The molecule has 0 radical (unpaired) electrons. The Balaban J connectivity index is 0.000000383. The summed E-state index contributed by atoms with van der Waals surface area (Å²) in [7, 11) is 1.74. The summed E-state index contributed by atoms with van der Waals surface area (Å²) in [5.74, 6) is 0.619. The Morgan fingerprint density at radius 1 is 1.19 bits per heavy atom. The Kier molecular flexibility index (Phi) is 7.62. The quantitative estimate of drug-likeness (QED) is 0.803. The molecule has 126 valence electrons. The van der Waals surface area contributed by atoms with Crippen LogP contribution >= 0.6 is 0 Å². The Hall–Kier alpha value is -0.160. The highest BCUT2D eigenvalue weighted by molar-refractivity contribution is 4.88. The molecular weight excluding hydrogens is 266 g/mol. The molecule has 1 aliphatic heterocycles. The first kappa shape index (κ1) is 18.9. The summed E-state index contributed by atoms with van der Waals surface area (Å²) in [5, 5.41) is 0. The number of hydroxylamine groups is 1. The molecule has 0 aromatic carbocycles. The maximum absolute atomic E-state index is 6.08. The van der Waals surface area contributed by atoms with E-state index in [4.69, 9.17) is 9.47 Å². The zero-order valence-electron chi connectivity index (χ0n) is 14.8. The summed E-state index contributed by atoms with van der Waals surface area (Å²) in [5.41, 5.74) is 2.95. The molecule has 1 N–H and O–H groups in total. The Morgan fingerprint density at radius 2 is 1.81 bits per heavy atom. The lowest BCUT2D eigenvalue weighted by Gasteiger charge is -2.41. The number of nitrogens with one attached hydrogen (secondary N) is 1. The van der Waals surface area contributed by atoms with Gasteiger partial charge in [0, 0.05) is 19.9 Å². The molecule has 1 saturated carbocycles. The lowest BCUT2D eigenvalue weighted by atomic mass is 9.71. The average molecular weight is 301 g/mol. The van der Waals surface area contributed by atoms with E-state index in [0.29, 0.717) is 11.5 Å². The van der Waals surface area contributed by atoms with Crippen molar-refractivity contribution < 1.29 is 14.3 Å². The zero-order valence-corrected chi connectivity index (χ0v) is 14.8. The third kappa shape index (κ3) is 5.85. The molecule has 0 amide bonds. The molecule has 1 saturated heterocycles. The van der Waals surface area contributed by atoms with Crippen LogP contribution in [-0.4, -0.2) is 32.2 Å². The zero-order chi connectivity index (χ0) is 15.9. The van der Waals surface area contributed by atoms with Crippen molar-refractivity contribution in [2.75, 3.05) is 20.3 Å². The minimum atomic E-state index is -0.206. The van der Waals surface area contributed by atoms with Gasteiger partial charge in [-0.3, -0.25) is 0 Å². The van der Waals surface area contributed by atoms with E-state index in [0.717, 1.165) is 38.4 Å². The van der Waals surface area contributed by atoms with Crippen LogP contribution in [0.5, 0.6) is 0 Å². The Labute approximate surface area is 130 Å². The third-order valence-corrected chi connectivity index (χ3v) is 4.63. The Morgan fingerprint density at radius 3 is 2.14 bits per heavy atom. The highest BCUT2D eigenvalue weighted by atomic mass is 16.7. The maximum atomic E-state index is 6.08. The number of ether oxygens (including phenoxy) is 2. The van der Waals surface area contributed by atoms with Crippen LogP contribution in [0, 0.1) is 11.3 Å². The van der Waals surface area contributed by atoms with Gasteiger partial charge in [0.05, 0.1) is 19.3 Å². The van der Waals surface area contributed by atoms with Crippen molar-refractivity contribution in [2.45, 2.75) is 78.6 Å². The number of rotatable bonds is 3. The molecule has 2 rings (SSSR count). The minimum absolute atomic E-state index is 0.206. The van der Waals surface area contributed by atoms with Gasteiger partial charge in [-0.05, 0) is 37.5 Å². The van der Waals surface area contributed by atoms with Crippen molar-refractivity contribution in [1.29, 1.82) is 0 Å². The molecular formula is C17H35NO3. The fourth-order valence-electron chi connectivity index (χ4n) is 3.15. The van der Waals surface area contributed by atoms with Gasteiger partial charge in [0.2, 0.25) is 0 Å². The van der Waals surface area contributed by atoms with Crippen LogP contribution < -0.4 is 5.48 Å². The second kappa shape index (κ2) is 8.47. The van der Waals surface area contributed by atoms with Gasteiger partial charge in [0.25, 0.3) is 0 Å². The molecule has 2 aliphatic rings. The van der Waals surface area contributed by atoms with Gasteiger partial charge < -0.3 is 14.3 Å². The van der Waals surface area contributed by atoms with Crippen LogP contribution in [0.1, 0.15) is 66.7 Å². The van der Waals surface area contributed by atoms with Crippen molar-refractivity contribution in [3.63, 3.8) is 0 Å². The first-order valence-corrected chi connectivity index (χ1v) is 8.47. The molecule has 0 aromatic rings. The van der Waals surface area contributed by atoms with Crippen LogP contribution in [0.15, 0.2) is 0 Å². The van der Waals surface area contributed by atoms with Gasteiger partial charge in [-0.1, -0.05) is 27.7 Å². The van der Waals surface area contributed by atoms with Gasteiger partial charge >= 0.3 is 0 Å². The molecule has 1 unspecified atom stereocenters. The molecule has 1 heterocycles. The van der Waals surface area contributed by atoms with Crippen LogP contribution in [0.2, 0.25) is 0 Å². The number of hydrogen-bond donors (Lipinski definition) is 1. The van der Waals surface area contributed by atoms with E-state index in [1.807, 2.05) is 6.92 Å². The van der Waals surface area contributed by atoms with Crippen molar-refractivity contribution >= 4 is 0 Å². The summed E-state index contributed by atoms with van der Waals surface area (Å²) in [6, 6.07) is 0. The topological polar surface area (TPSA) is 39.7 Å². The fraction of sp³-hybridized carbons (Fsp3) is 1.00. The minimum Gasteiger partial charge on any atom is -0.347 e. The summed E-state index contributed by atoms with van der Waals surface area (Å²) in [6.07, 6.45) is 6.09. The summed E-state index contributed by atoms with van der Waals surface area (Å²) >= 11 is 0. The SMILES string of the molecule is CCC1COC2(CCC(C(C)(C)C)CC2)O1.CCONC. The van der Waals surface area contributed by atoms with E-state index in [1.165, 1.54) is 12.8 Å². The van der Waals surface area contributed by atoms with Crippen molar-refractivity contribution in [1.82, 2.24) is 5.48 Å². The highest BCUT2D eigenvalue weighted by Gasteiger charge is 2.45. The predicted molar refractivity (Wildman–Crippen MR) is 85.9 cm³/mol. The molecule has 1 atom stereocenters. The largest absolute Gasteiger partial charge is 0.347 e. The van der Waals surface area contributed by atoms with E-state index >= 15 is 0 Å². The molecule has 0 bridgehead atoms. The summed E-state index contributed by atoms with van der Waals surface area (Å²) in [4.78, 5) is 4.58. The van der Waals surface area contributed by atoms with Crippen LogP contribution in [0.3, 0.4) is 0 Å². The molecule has 4 nitrogen and oxygen atoms in total. The smallest absolute Gasteiger partial charge is 0.168 e. The van der Waals surface area contributed by atoms with E-state index in [1.54, 1.807) is 7.05 Å². The standard InChI is InChI=1S/C14H26O2.C3H9NO/c1-5-12-10-15-14(16-12)8-6-11(7-9-14)13(2,3)4;1-3-5-4-2/h11-12H,5-10H2,1-4H3;4H,3H2,1-2H3. The second-order valence-corrected chi connectivity index (χ2v) is 7.15. The van der Waals surface area contributed by atoms with E-state index in [2.05, 4.69) is 38.0 Å². The van der Waals surface area contributed by atoms with Gasteiger partial charge in [-0.2, -0.15) is 0 Å². The van der Waals surface area contributed by atoms with Gasteiger partial charge in [-0.25, -0.2) is 5.48 Å². The summed E-state index contributed by atoms with van der Waals surface area (Å²) < 4.78 is 12.0. The normalized spacial score (nSPS) is 32.9. The molecule has 0 aromatic heterocycles. The van der Waals surface area contributed by atoms with Gasteiger partial charge in [0.1, 0.15) is 0 Å². The highest BCUT2D eigenvalue weighted by Crippen LogP contribution is 2.45. The first-order valence-electron chi connectivity index (χ1n) is 8.47. The van der Waals surface area contributed by atoms with Gasteiger partial charge in [-0.15, -0.1) is 0 Å². The lowest BCUT2D eigenvalue weighted by Crippen LogP contribution is -2.38. The van der Waals surface area contributed by atoms with Crippen LogP contribution in [0.25, 0.3) is 0 Å². The number of hydrogen-bond acceptors (Lipinski definition) is 4. The van der Waals surface area contributed by atoms with Crippen molar-refractivity contribution in [2.24, 2.45) is 11.3 Å². The maximum Gasteiger partial charge on any atom is 0.168 e. The first-order chi connectivity index (χ1) is 9.87. The monoisotopic (exact) mass is 301 g/mol. The molecule has 21 heavy (non-hydrogen) atoms. The molecule has 1 aliphatic carbocycles. The van der Waals surface area contributed by atoms with Crippen LogP contribution in [0.4, 0.5) is 0 Å². The predicted octanol–water partition coefficient (Wildman–Crippen LogP) is 3.90. The lowest BCUT2D eigenvalue weighted by molar-refractivity contribution is -0.196. The molecule has 2 fully saturated rings. The third-order valence-electron chi connectivity index (χ3n) is 4.63. The molecule has 4 heteroatoms. The summed E-state index contributed by atoms with van der Waals surface area (Å²) in [6.45, 7) is 12.7. The van der Waals surface area contributed by atoms with Crippen molar-refractivity contribution in [3.05, 3.63) is 0 Å². The van der Waals surface area contributed by atoms with E-state index < -0.39 is 0 Å². The van der Waals surface area contributed by atoms with Crippen molar-refractivity contribution in [3.8, 4) is 0 Å². The second-order valence-electron chi connectivity index (χ2n) is 7.15. The van der Waals surface area contributed by atoms with E-state index in [9.17, 15) is 0 Å². The Bertz CT molecular complexity index is 278. The van der Waals surface area contributed by atoms with Gasteiger partial charge in [0.15, 0.2) is 5.79 Å². The molecule has 1 spiro atoms. The van der Waals surface area contributed by atoms with Crippen LogP contribution in [-0.2, 0) is 14.3 Å². The average Bonchev–Trinajstić information content (AvgIpc) is 2.83.